The van der Waals surface area contributed by atoms with Crippen LogP contribution < -0.4 is 0 Å². The van der Waals surface area contributed by atoms with E-state index in [4.69, 9.17) is 0 Å². The van der Waals surface area contributed by atoms with Crippen LogP contribution in [0.5, 0.6) is 5.75 Å². The molecule has 2 atom stereocenters. The molecule has 2 aromatic rings. The van der Waals surface area contributed by atoms with Gasteiger partial charge in [0.2, 0.25) is 0 Å². The lowest BCUT2D eigenvalue weighted by atomic mass is 9.69. The van der Waals surface area contributed by atoms with E-state index in [1.54, 1.807) is 6.07 Å². The molecule has 4 nitrogen and oxygen atoms in total. The Labute approximate surface area is 149 Å². The minimum atomic E-state index is 0.102. The summed E-state index contributed by atoms with van der Waals surface area (Å²) in [6.07, 6.45) is 3.44. The first kappa shape index (κ1) is 16.8. The second-order valence-corrected chi connectivity index (χ2v) is 7.97. The summed E-state index contributed by atoms with van der Waals surface area (Å²) in [6.45, 7) is 4.49. The first-order chi connectivity index (χ1) is 12.1. The molecule has 2 heterocycles. The molecule has 0 spiro atoms. The second-order valence-electron chi connectivity index (χ2n) is 7.97. The molecule has 25 heavy (non-hydrogen) atoms. The molecule has 2 saturated heterocycles. The number of aliphatic hydroxyl groups is 1. The molecule has 2 fully saturated rings. The number of phenolic OH excluding ortho intramolecular Hbond substituents is 1. The molecule has 2 aliphatic heterocycles. The molecule has 0 saturated carbocycles. The van der Waals surface area contributed by atoms with E-state index in [9.17, 15) is 10.2 Å². The van der Waals surface area contributed by atoms with Crippen LogP contribution in [0.4, 0.5) is 0 Å². The Morgan fingerprint density at radius 2 is 1.88 bits per heavy atom. The molecule has 4 rings (SSSR count). The number of hydrogen-bond acceptors (Lipinski definition) is 4. The predicted molar refractivity (Wildman–Crippen MR) is 101 cm³/mol. The minimum Gasteiger partial charge on any atom is -0.508 e. The van der Waals surface area contributed by atoms with Gasteiger partial charge in [0.05, 0.1) is 6.61 Å². The smallest absolute Gasteiger partial charge is 0.116 e. The van der Waals surface area contributed by atoms with E-state index in [-0.39, 0.29) is 5.41 Å². The third-order valence-corrected chi connectivity index (χ3v) is 6.39. The summed E-state index contributed by atoms with van der Waals surface area (Å²) < 4.78 is 0. The zero-order valence-electron chi connectivity index (χ0n) is 15.0. The van der Waals surface area contributed by atoms with Crippen LogP contribution in [0.15, 0.2) is 36.4 Å². The van der Waals surface area contributed by atoms with Crippen LogP contribution >= 0.6 is 0 Å². The normalized spacial score (nSPS) is 28.2. The molecule has 0 bridgehead atoms. The number of hydrogen-bond donors (Lipinski definition) is 2. The van der Waals surface area contributed by atoms with E-state index in [1.807, 2.05) is 12.1 Å². The molecule has 4 heteroatoms. The quantitative estimate of drug-likeness (QED) is 0.902. The van der Waals surface area contributed by atoms with Crippen molar-refractivity contribution in [3.63, 3.8) is 0 Å². The maximum Gasteiger partial charge on any atom is 0.116 e. The number of rotatable bonds is 3. The van der Waals surface area contributed by atoms with Gasteiger partial charge in [-0.05, 0) is 73.9 Å². The Kier molecular flexibility index (Phi) is 4.44. The summed E-state index contributed by atoms with van der Waals surface area (Å²) in [5.41, 5.74) is 1.41. The molecule has 2 aromatic carbocycles. The number of likely N-dealkylation sites (N-methyl/N-ethyl adjacent to an activating group) is 1. The molecule has 0 aromatic heterocycles. The zero-order chi connectivity index (χ0) is 17.4. The highest BCUT2D eigenvalue weighted by molar-refractivity contribution is 5.84. The van der Waals surface area contributed by atoms with Crippen molar-refractivity contribution in [1.29, 1.82) is 0 Å². The van der Waals surface area contributed by atoms with Crippen molar-refractivity contribution in [2.75, 3.05) is 33.3 Å². The highest BCUT2D eigenvalue weighted by Gasteiger charge is 2.46. The lowest BCUT2D eigenvalue weighted by Crippen LogP contribution is -2.61. The number of aromatic hydroxyl groups is 1. The Bertz CT molecular complexity index is 763. The molecule has 0 aliphatic carbocycles. The Morgan fingerprint density at radius 1 is 1.08 bits per heavy atom. The summed E-state index contributed by atoms with van der Waals surface area (Å²) in [5.74, 6) is 0.317. The first-order valence-corrected chi connectivity index (χ1v) is 9.35. The van der Waals surface area contributed by atoms with Crippen LogP contribution in [0.1, 0.15) is 24.8 Å². The third kappa shape index (κ3) is 3.14. The van der Waals surface area contributed by atoms with Crippen LogP contribution in [0.2, 0.25) is 0 Å². The lowest BCUT2D eigenvalue weighted by molar-refractivity contribution is -0.0684. The van der Waals surface area contributed by atoms with Crippen LogP contribution in [-0.4, -0.2) is 59.3 Å². The average molecular weight is 340 g/mol. The SMILES string of the molecule is CN1CCC[C@]2(CO)CCN(Cc3ccc4cc(O)ccc4c3)C[C@@H]12. The molecule has 134 valence electrons. The highest BCUT2D eigenvalue weighted by atomic mass is 16.3. The summed E-state index contributed by atoms with van der Waals surface area (Å²) in [5, 5.41) is 21.9. The van der Waals surface area contributed by atoms with Crippen LogP contribution in [0.3, 0.4) is 0 Å². The van der Waals surface area contributed by atoms with Crippen molar-refractivity contribution in [3.05, 3.63) is 42.0 Å². The van der Waals surface area contributed by atoms with E-state index in [0.717, 1.165) is 44.4 Å². The second kappa shape index (κ2) is 6.60. The molecule has 2 aliphatic rings. The lowest BCUT2D eigenvalue weighted by Gasteiger charge is -2.53. The molecule has 0 radical (unpaired) electrons. The number of benzene rings is 2. The third-order valence-electron chi connectivity index (χ3n) is 6.39. The first-order valence-electron chi connectivity index (χ1n) is 9.35. The summed E-state index contributed by atoms with van der Waals surface area (Å²) in [6, 6.07) is 12.5. The number of nitrogens with zero attached hydrogens (tertiary/aromatic N) is 2. The van der Waals surface area contributed by atoms with Crippen LogP contribution in [-0.2, 0) is 6.54 Å². The van der Waals surface area contributed by atoms with Crippen LogP contribution in [0.25, 0.3) is 10.8 Å². The van der Waals surface area contributed by atoms with Gasteiger partial charge in [0.25, 0.3) is 0 Å². The number of likely N-dealkylation sites (tertiary alicyclic amines) is 2. The fourth-order valence-electron chi connectivity index (χ4n) is 4.86. The van der Waals surface area contributed by atoms with Crippen LogP contribution in [0, 0.1) is 5.41 Å². The topological polar surface area (TPSA) is 46.9 Å². The maximum absolute atomic E-state index is 10.0. The van der Waals surface area contributed by atoms with E-state index in [0.29, 0.717) is 18.4 Å². The summed E-state index contributed by atoms with van der Waals surface area (Å²) in [7, 11) is 2.21. The Morgan fingerprint density at radius 3 is 2.72 bits per heavy atom. The van der Waals surface area contributed by atoms with Crippen molar-refractivity contribution in [2.24, 2.45) is 5.41 Å². The number of piperidine rings is 2. The number of fused-ring (bicyclic) bond motifs is 2. The monoisotopic (exact) mass is 340 g/mol. The number of aliphatic hydroxyl groups excluding tert-OH is 1. The molecule has 0 unspecified atom stereocenters. The van der Waals surface area contributed by atoms with Crippen molar-refractivity contribution in [1.82, 2.24) is 9.80 Å². The fraction of sp³-hybridized carbons (Fsp3) is 0.524. The summed E-state index contributed by atoms with van der Waals surface area (Å²) >= 11 is 0. The van der Waals surface area contributed by atoms with E-state index in [2.05, 4.69) is 35.0 Å². The highest BCUT2D eigenvalue weighted by Crippen LogP contribution is 2.41. The Hall–Kier alpha value is -1.62. The van der Waals surface area contributed by atoms with Gasteiger partial charge in [-0.1, -0.05) is 18.2 Å². The fourth-order valence-corrected chi connectivity index (χ4v) is 4.86. The van der Waals surface area contributed by atoms with Gasteiger partial charge in [-0.3, -0.25) is 4.90 Å². The van der Waals surface area contributed by atoms with E-state index >= 15 is 0 Å². The Balaban J connectivity index is 1.51. The minimum absolute atomic E-state index is 0.102. The van der Waals surface area contributed by atoms with Gasteiger partial charge in [0.1, 0.15) is 5.75 Å². The van der Waals surface area contributed by atoms with Gasteiger partial charge >= 0.3 is 0 Å². The standard InChI is InChI=1S/C21H28N2O2/c1-22-9-2-7-21(15-24)8-10-23(14-20(21)22)13-16-3-4-18-12-19(25)6-5-17(18)11-16/h3-6,11-12,20,24-25H,2,7-10,13-15H2,1H3/t20-,21-/m1/s1. The zero-order valence-corrected chi connectivity index (χ0v) is 15.0. The van der Waals surface area contributed by atoms with Crippen molar-refractivity contribution < 1.29 is 10.2 Å². The molecule has 0 amide bonds. The van der Waals surface area contributed by atoms with E-state index in [1.165, 1.54) is 17.4 Å². The molecular formula is C21H28N2O2. The van der Waals surface area contributed by atoms with Gasteiger partial charge < -0.3 is 15.1 Å². The molecule has 2 N–H and O–H groups in total. The van der Waals surface area contributed by atoms with Crippen molar-refractivity contribution in [3.8, 4) is 5.75 Å². The molecular weight excluding hydrogens is 312 g/mol. The van der Waals surface area contributed by atoms with Crippen molar-refractivity contribution >= 4 is 10.8 Å². The largest absolute Gasteiger partial charge is 0.508 e. The maximum atomic E-state index is 10.0. The number of phenols is 1. The van der Waals surface area contributed by atoms with Gasteiger partial charge in [0, 0.05) is 24.5 Å². The van der Waals surface area contributed by atoms with Gasteiger partial charge in [-0.15, -0.1) is 0 Å². The average Bonchev–Trinajstić information content (AvgIpc) is 2.63. The predicted octanol–water partition coefficient (Wildman–Crippen LogP) is 2.82. The van der Waals surface area contributed by atoms with E-state index < -0.39 is 0 Å². The van der Waals surface area contributed by atoms with Gasteiger partial charge in [0.15, 0.2) is 0 Å². The van der Waals surface area contributed by atoms with Gasteiger partial charge in [-0.2, -0.15) is 0 Å². The van der Waals surface area contributed by atoms with Crippen molar-refractivity contribution in [2.45, 2.75) is 31.8 Å². The summed E-state index contributed by atoms with van der Waals surface area (Å²) in [4.78, 5) is 4.98. The van der Waals surface area contributed by atoms with Gasteiger partial charge in [-0.25, -0.2) is 0 Å².